The van der Waals surface area contributed by atoms with E-state index in [1.807, 2.05) is 0 Å². The van der Waals surface area contributed by atoms with Crippen LogP contribution in [0.3, 0.4) is 0 Å². The summed E-state index contributed by atoms with van der Waals surface area (Å²) in [4.78, 5) is 49.3. The van der Waals surface area contributed by atoms with Crippen LogP contribution in [0.4, 0.5) is 0 Å². The van der Waals surface area contributed by atoms with Crippen molar-refractivity contribution in [3.63, 3.8) is 0 Å². The van der Waals surface area contributed by atoms with Crippen molar-refractivity contribution in [3.05, 3.63) is 4.91 Å². The fourth-order valence-electron chi connectivity index (χ4n) is 2.10. The van der Waals surface area contributed by atoms with Crippen molar-refractivity contribution in [2.75, 3.05) is 13.7 Å². The summed E-state index contributed by atoms with van der Waals surface area (Å²) in [7, 11) is 1.15. The predicted molar refractivity (Wildman–Crippen MR) is 71.0 cm³/mol. The number of ether oxygens (including phenoxy) is 4. The molecule has 0 amide bonds. The Morgan fingerprint density at radius 1 is 1.00 bits per heavy atom. The molecule has 0 unspecified atom stereocenters. The van der Waals surface area contributed by atoms with Crippen LogP contribution in [0.1, 0.15) is 20.8 Å². The molecule has 0 aliphatic carbocycles. The molecule has 1 saturated heterocycles. The smallest absolute Gasteiger partial charge is 0.303 e. The van der Waals surface area contributed by atoms with E-state index in [4.69, 9.17) is 23.8 Å². The molecule has 11 nitrogen and oxygen atoms in total. The van der Waals surface area contributed by atoms with Crippen LogP contribution in [-0.2, 0) is 38.2 Å². The van der Waals surface area contributed by atoms with E-state index in [1.165, 1.54) is 0 Å². The molecule has 1 aliphatic rings. The average Bonchev–Trinajstić information content (AvgIpc) is 2.44. The lowest BCUT2D eigenvalue weighted by Crippen LogP contribution is -2.61. The van der Waals surface area contributed by atoms with Crippen molar-refractivity contribution in [1.29, 1.82) is 0 Å². The van der Waals surface area contributed by atoms with E-state index in [-0.39, 0.29) is 6.61 Å². The third-order valence-electron chi connectivity index (χ3n) is 2.81. The fourth-order valence-corrected chi connectivity index (χ4v) is 2.10. The molecule has 130 valence electrons. The van der Waals surface area contributed by atoms with E-state index in [1.54, 1.807) is 0 Å². The molecule has 0 spiro atoms. The van der Waals surface area contributed by atoms with Gasteiger partial charge in [0, 0.05) is 20.8 Å². The van der Waals surface area contributed by atoms with Gasteiger partial charge in [-0.15, -0.1) is 10.1 Å². The average molecular weight is 334 g/mol. The Morgan fingerprint density at radius 2 is 1.52 bits per heavy atom. The Morgan fingerprint density at radius 3 is 1.96 bits per heavy atom. The Kier molecular flexibility index (Phi) is 6.85. The van der Waals surface area contributed by atoms with Gasteiger partial charge in [-0.1, -0.05) is 0 Å². The minimum absolute atomic E-state index is 0.227. The zero-order chi connectivity index (χ0) is 17.6. The topological polar surface area (TPSA) is 130 Å². The van der Waals surface area contributed by atoms with Crippen LogP contribution < -0.4 is 0 Å². The third-order valence-corrected chi connectivity index (χ3v) is 2.81. The van der Waals surface area contributed by atoms with Gasteiger partial charge >= 0.3 is 17.9 Å². The number of nitroso groups, excluding NO2 is 1. The quantitative estimate of drug-likeness (QED) is 0.276. The molecule has 0 aromatic rings. The summed E-state index contributed by atoms with van der Waals surface area (Å²) in [6.07, 6.45) is -4.80. The number of carbonyl (C=O) groups excluding carboxylic acids is 3. The van der Waals surface area contributed by atoms with Crippen LogP contribution in [0.25, 0.3) is 0 Å². The molecule has 0 aromatic heterocycles. The van der Waals surface area contributed by atoms with Gasteiger partial charge in [0.15, 0.2) is 18.3 Å². The number of rotatable bonds is 6. The van der Waals surface area contributed by atoms with Crippen molar-refractivity contribution < 1.29 is 38.2 Å². The maximum atomic E-state index is 11.3. The first-order chi connectivity index (χ1) is 10.8. The maximum Gasteiger partial charge on any atom is 0.303 e. The molecule has 0 radical (unpaired) electrons. The van der Waals surface area contributed by atoms with E-state index in [0.29, 0.717) is 5.17 Å². The van der Waals surface area contributed by atoms with Gasteiger partial charge in [0.2, 0.25) is 6.23 Å². The molecule has 11 heteroatoms. The Balaban J connectivity index is 3.13. The summed E-state index contributed by atoms with van der Waals surface area (Å²) in [5.41, 5.74) is 0. The first-order valence-corrected chi connectivity index (χ1v) is 6.60. The molecule has 0 aromatic carbocycles. The minimum Gasteiger partial charge on any atom is -0.456 e. The van der Waals surface area contributed by atoms with Crippen LogP contribution in [0.15, 0.2) is 5.29 Å². The number of carbonyl (C=O) groups is 3. The van der Waals surface area contributed by atoms with Crippen LogP contribution in [-0.4, -0.2) is 61.3 Å². The molecule has 0 saturated carbocycles. The first-order valence-electron chi connectivity index (χ1n) is 6.60. The SMILES string of the molecule is CON(N=O)[C@@H]1OC[C@@H](OC(C)=O)[C@H](OC(C)=O)[C@H]1OC(C)=O. The molecule has 1 aliphatic heterocycles. The number of hydrogen-bond donors (Lipinski definition) is 0. The fraction of sp³-hybridized carbons (Fsp3) is 0.750. The molecule has 0 N–H and O–H groups in total. The van der Waals surface area contributed by atoms with Gasteiger partial charge in [0.25, 0.3) is 0 Å². The van der Waals surface area contributed by atoms with Gasteiger partial charge in [0.1, 0.15) is 0 Å². The van der Waals surface area contributed by atoms with Crippen LogP contribution >= 0.6 is 0 Å². The van der Waals surface area contributed by atoms with Crippen molar-refractivity contribution in [1.82, 2.24) is 5.17 Å². The third kappa shape index (κ3) is 5.14. The lowest BCUT2D eigenvalue weighted by atomic mass is 10.0. The molecule has 1 heterocycles. The van der Waals surface area contributed by atoms with Gasteiger partial charge in [-0.3, -0.25) is 19.2 Å². The highest BCUT2D eigenvalue weighted by Crippen LogP contribution is 2.26. The minimum atomic E-state index is -1.30. The van der Waals surface area contributed by atoms with E-state index >= 15 is 0 Å². The summed E-state index contributed by atoms with van der Waals surface area (Å²) in [6.45, 7) is 3.18. The number of hydrogen-bond acceptors (Lipinski definition) is 10. The van der Waals surface area contributed by atoms with Crippen LogP contribution in [0, 0.1) is 4.91 Å². The van der Waals surface area contributed by atoms with Gasteiger partial charge in [0.05, 0.1) is 19.0 Å². The van der Waals surface area contributed by atoms with Crippen LogP contribution in [0.5, 0.6) is 0 Å². The molecular weight excluding hydrogens is 316 g/mol. The van der Waals surface area contributed by atoms with Gasteiger partial charge in [-0.2, -0.15) is 0 Å². The summed E-state index contributed by atoms with van der Waals surface area (Å²) in [5.74, 6) is -2.08. The summed E-state index contributed by atoms with van der Waals surface area (Å²) >= 11 is 0. The maximum absolute atomic E-state index is 11.3. The highest BCUT2D eigenvalue weighted by atomic mass is 16.8. The lowest BCUT2D eigenvalue weighted by Gasteiger charge is -2.41. The molecule has 23 heavy (non-hydrogen) atoms. The van der Waals surface area contributed by atoms with E-state index in [9.17, 15) is 19.3 Å². The molecule has 0 bridgehead atoms. The summed E-state index contributed by atoms with van der Waals surface area (Å²) in [5, 5.41) is 3.09. The van der Waals surface area contributed by atoms with Crippen LogP contribution in [0.2, 0.25) is 0 Å². The zero-order valence-corrected chi connectivity index (χ0v) is 13.1. The predicted octanol–water partition coefficient (Wildman–Crippen LogP) is -0.317. The molecule has 1 fully saturated rings. The summed E-state index contributed by atoms with van der Waals surface area (Å²) < 4.78 is 20.5. The second-order valence-corrected chi connectivity index (χ2v) is 4.59. The standard InChI is InChI=1S/C12H18N2O9/c1-6(15)21-9-5-20-12(14(13-18)19-4)11(23-8(3)17)10(9)22-7(2)16/h9-12H,5H2,1-4H3/t9-,10+,11-,12-/m1/s1. The Labute approximate surface area is 131 Å². The second-order valence-electron chi connectivity index (χ2n) is 4.59. The normalized spacial score (nSPS) is 26.8. The second kappa shape index (κ2) is 8.39. The Hall–Kier alpha value is -2.27. The van der Waals surface area contributed by atoms with Crippen molar-refractivity contribution in [2.45, 2.75) is 45.3 Å². The van der Waals surface area contributed by atoms with E-state index < -0.39 is 42.4 Å². The number of esters is 3. The van der Waals surface area contributed by atoms with Crippen molar-refractivity contribution in [2.24, 2.45) is 5.29 Å². The lowest BCUT2D eigenvalue weighted by molar-refractivity contribution is -0.311. The van der Waals surface area contributed by atoms with Gasteiger partial charge in [-0.25, -0.2) is 0 Å². The first kappa shape index (κ1) is 18.8. The number of nitrogens with zero attached hydrogens (tertiary/aromatic N) is 2. The van der Waals surface area contributed by atoms with Gasteiger partial charge < -0.3 is 18.9 Å². The largest absolute Gasteiger partial charge is 0.456 e. The van der Waals surface area contributed by atoms with E-state index in [0.717, 1.165) is 27.9 Å². The highest BCUT2D eigenvalue weighted by Gasteiger charge is 2.50. The Bertz CT molecular complexity index is 469. The highest BCUT2D eigenvalue weighted by molar-refractivity contribution is 5.68. The molecule has 4 atom stereocenters. The van der Waals surface area contributed by atoms with Gasteiger partial charge in [-0.05, 0) is 0 Å². The van der Waals surface area contributed by atoms with E-state index in [2.05, 4.69) is 5.29 Å². The van der Waals surface area contributed by atoms with Crippen molar-refractivity contribution >= 4 is 17.9 Å². The monoisotopic (exact) mass is 334 g/mol. The summed E-state index contributed by atoms with van der Waals surface area (Å²) in [6, 6.07) is 0. The van der Waals surface area contributed by atoms with Crippen molar-refractivity contribution in [3.8, 4) is 0 Å². The molecular formula is C12H18N2O9. The zero-order valence-electron chi connectivity index (χ0n) is 13.1. The number of hydroxylamine groups is 1. The molecule has 1 rings (SSSR count).